The molecule has 2 aromatic carbocycles. The Labute approximate surface area is 280 Å². The number of nitrogens with zero attached hydrogens (tertiary/aromatic N) is 1. The Kier molecular flexibility index (Phi) is 12.0. The summed E-state index contributed by atoms with van der Waals surface area (Å²) >= 11 is 0. The summed E-state index contributed by atoms with van der Waals surface area (Å²) in [5.74, 6) is -7.18. The van der Waals surface area contributed by atoms with Gasteiger partial charge in [0.1, 0.15) is 24.2 Å². The van der Waals surface area contributed by atoms with Crippen molar-refractivity contribution in [2.75, 3.05) is 6.54 Å². The standard InChI is InChI=1S/C33H39N7O9/c34-21(14-19-17-36-22-10-5-4-9-20(19)22)29(44)37-24(16-28(42)43)31(46)38-23(13-18-7-2-1-3-8-18)30(45)39-25(15-27(35)41)32(47)40-12-6-11-26(40)33(48)49/h1-5,7-10,17,21,23-26,36H,6,11-16,34H2,(H2,35,41)(H,37,44)(H,38,46)(H,39,45)(H,42,43)(H,48,49)/t21-,23-,24-,25-,26-/m0/s1. The van der Waals surface area contributed by atoms with Crippen molar-refractivity contribution in [1.29, 1.82) is 0 Å². The predicted molar refractivity (Wildman–Crippen MR) is 174 cm³/mol. The van der Waals surface area contributed by atoms with Gasteiger partial charge in [-0.15, -0.1) is 0 Å². The smallest absolute Gasteiger partial charge is 0.326 e. The number of carboxylic acids is 2. The number of primary amides is 1. The van der Waals surface area contributed by atoms with Crippen LogP contribution in [0.1, 0.15) is 36.8 Å². The minimum atomic E-state index is -1.64. The zero-order valence-corrected chi connectivity index (χ0v) is 26.5. The Hall–Kier alpha value is -5.77. The summed E-state index contributed by atoms with van der Waals surface area (Å²) in [7, 11) is 0. The van der Waals surface area contributed by atoms with E-state index in [0.29, 0.717) is 12.0 Å². The third-order valence-corrected chi connectivity index (χ3v) is 8.22. The lowest BCUT2D eigenvalue weighted by Crippen LogP contribution is -2.59. The van der Waals surface area contributed by atoms with Gasteiger partial charge in [-0.25, -0.2) is 4.79 Å². The van der Waals surface area contributed by atoms with Crippen molar-refractivity contribution in [3.63, 3.8) is 0 Å². The molecule has 49 heavy (non-hydrogen) atoms. The first-order valence-electron chi connectivity index (χ1n) is 15.6. The number of aromatic nitrogens is 1. The van der Waals surface area contributed by atoms with E-state index in [-0.39, 0.29) is 25.8 Å². The van der Waals surface area contributed by atoms with Gasteiger partial charge in [-0.3, -0.25) is 28.8 Å². The van der Waals surface area contributed by atoms with Crippen LogP contribution in [-0.4, -0.2) is 98.3 Å². The van der Waals surface area contributed by atoms with Gasteiger partial charge in [0.2, 0.25) is 29.5 Å². The lowest BCUT2D eigenvalue weighted by molar-refractivity contribution is -0.149. The molecule has 5 atom stereocenters. The summed E-state index contributed by atoms with van der Waals surface area (Å²) in [5, 5.41) is 27.2. The molecule has 0 radical (unpaired) electrons. The number of fused-ring (bicyclic) bond motifs is 1. The molecule has 4 rings (SSSR count). The Morgan fingerprint density at radius 3 is 2.12 bits per heavy atom. The highest BCUT2D eigenvalue weighted by Gasteiger charge is 2.39. The molecule has 1 saturated heterocycles. The molecule has 3 aromatic rings. The van der Waals surface area contributed by atoms with Crippen LogP contribution < -0.4 is 27.4 Å². The van der Waals surface area contributed by atoms with E-state index in [9.17, 15) is 43.8 Å². The number of nitrogens with one attached hydrogen (secondary N) is 4. The average Bonchev–Trinajstić information content (AvgIpc) is 3.71. The van der Waals surface area contributed by atoms with E-state index >= 15 is 0 Å². The van der Waals surface area contributed by atoms with Gasteiger partial charge in [0.25, 0.3) is 0 Å². The van der Waals surface area contributed by atoms with Gasteiger partial charge in [0.05, 0.1) is 18.9 Å². The third kappa shape index (κ3) is 9.63. The van der Waals surface area contributed by atoms with Gasteiger partial charge in [-0.2, -0.15) is 0 Å². The van der Waals surface area contributed by atoms with Crippen LogP contribution in [0.4, 0.5) is 0 Å². The number of benzene rings is 2. The van der Waals surface area contributed by atoms with Gasteiger partial charge < -0.3 is 47.5 Å². The highest BCUT2D eigenvalue weighted by atomic mass is 16.4. The van der Waals surface area contributed by atoms with Crippen LogP contribution in [-0.2, 0) is 46.4 Å². The number of aromatic amines is 1. The van der Waals surface area contributed by atoms with Crippen LogP contribution in [0.5, 0.6) is 0 Å². The van der Waals surface area contributed by atoms with E-state index in [2.05, 4.69) is 20.9 Å². The highest BCUT2D eigenvalue weighted by Crippen LogP contribution is 2.20. The number of nitrogens with two attached hydrogens (primary N) is 2. The van der Waals surface area contributed by atoms with Crippen LogP contribution in [0.3, 0.4) is 0 Å². The molecule has 1 aliphatic rings. The number of aliphatic carboxylic acids is 2. The van der Waals surface area contributed by atoms with Crippen LogP contribution >= 0.6 is 0 Å². The van der Waals surface area contributed by atoms with Gasteiger partial charge >= 0.3 is 11.9 Å². The van der Waals surface area contributed by atoms with Crippen molar-refractivity contribution in [2.24, 2.45) is 11.5 Å². The van der Waals surface area contributed by atoms with Crippen molar-refractivity contribution >= 4 is 52.4 Å². The third-order valence-electron chi connectivity index (χ3n) is 8.22. The topological polar surface area (TPSA) is 267 Å². The number of carbonyl (C=O) groups excluding carboxylic acids is 5. The summed E-state index contributed by atoms with van der Waals surface area (Å²) in [4.78, 5) is 93.1. The number of likely N-dealkylation sites (tertiary alicyclic amines) is 1. The number of carbonyl (C=O) groups is 7. The summed E-state index contributed by atoms with van der Waals surface area (Å²) in [6.45, 7) is 0.0874. The Morgan fingerprint density at radius 1 is 0.816 bits per heavy atom. The van der Waals surface area contributed by atoms with E-state index < -0.39 is 84.5 Å². The average molecular weight is 678 g/mol. The molecular formula is C33H39N7O9. The number of hydrogen-bond acceptors (Lipinski definition) is 8. The second-order valence-electron chi connectivity index (χ2n) is 11.8. The molecule has 5 amide bonds. The molecule has 0 saturated carbocycles. The van der Waals surface area contributed by atoms with Gasteiger partial charge in [0, 0.05) is 30.1 Å². The first-order chi connectivity index (χ1) is 23.3. The van der Waals surface area contributed by atoms with Crippen LogP contribution in [0.25, 0.3) is 10.9 Å². The number of rotatable bonds is 16. The second kappa shape index (κ2) is 16.4. The summed E-state index contributed by atoms with van der Waals surface area (Å²) in [5.41, 5.74) is 13.6. The van der Waals surface area contributed by atoms with Crippen LogP contribution in [0, 0.1) is 0 Å². The van der Waals surface area contributed by atoms with Crippen molar-refractivity contribution in [2.45, 2.75) is 68.7 Å². The maximum Gasteiger partial charge on any atom is 0.326 e. The van der Waals surface area contributed by atoms with Gasteiger partial charge in [-0.1, -0.05) is 48.5 Å². The molecule has 1 aromatic heterocycles. The molecule has 0 aliphatic carbocycles. The lowest BCUT2D eigenvalue weighted by Gasteiger charge is -2.29. The molecule has 0 spiro atoms. The number of H-pyrrole nitrogens is 1. The molecule has 1 fully saturated rings. The predicted octanol–water partition coefficient (Wildman–Crippen LogP) is -0.839. The van der Waals surface area contributed by atoms with Gasteiger partial charge in [0.15, 0.2) is 0 Å². The molecule has 0 unspecified atom stereocenters. The largest absolute Gasteiger partial charge is 0.481 e. The van der Waals surface area contributed by atoms with Crippen molar-refractivity contribution in [3.05, 3.63) is 71.9 Å². The van der Waals surface area contributed by atoms with E-state index in [1.807, 2.05) is 24.3 Å². The number of hydrogen-bond donors (Lipinski definition) is 8. The zero-order valence-electron chi connectivity index (χ0n) is 26.5. The molecule has 2 heterocycles. The van der Waals surface area contributed by atoms with Crippen molar-refractivity contribution < 1.29 is 43.8 Å². The fourth-order valence-electron chi connectivity index (χ4n) is 5.79. The number of amides is 5. The first-order valence-corrected chi connectivity index (χ1v) is 15.6. The monoisotopic (exact) mass is 677 g/mol. The fraction of sp³-hybridized carbons (Fsp3) is 0.364. The van der Waals surface area contributed by atoms with Crippen LogP contribution in [0.2, 0.25) is 0 Å². The summed E-state index contributed by atoms with van der Waals surface area (Å²) < 4.78 is 0. The van der Waals surface area contributed by atoms with Crippen LogP contribution in [0.15, 0.2) is 60.8 Å². The highest BCUT2D eigenvalue weighted by molar-refractivity contribution is 5.98. The zero-order chi connectivity index (χ0) is 35.7. The molecule has 260 valence electrons. The minimum Gasteiger partial charge on any atom is -0.481 e. The van der Waals surface area contributed by atoms with E-state index in [4.69, 9.17) is 11.5 Å². The molecule has 0 bridgehead atoms. The maximum atomic E-state index is 13.7. The SMILES string of the molecule is NC(=O)C[C@H](NC(=O)[C@H](Cc1ccccc1)NC(=O)[C@H](CC(=O)O)NC(=O)[C@@H](N)Cc1c[nH]c2ccccc12)C(=O)N1CCC[C@H]1C(=O)O. The van der Waals surface area contributed by atoms with E-state index in [1.54, 1.807) is 36.5 Å². The molecule has 16 heteroatoms. The van der Waals surface area contributed by atoms with E-state index in [1.165, 1.54) is 0 Å². The first kappa shape index (κ1) is 36.1. The summed E-state index contributed by atoms with van der Waals surface area (Å²) in [6.07, 6.45) is 0.739. The lowest BCUT2D eigenvalue weighted by atomic mass is 10.0. The van der Waals surface area contributed by atoms with E-state index in [0.717, 1.165) is 21.4 Å². The fourth-order valence-corrected chi connectivity index (χ4v) is 5.79. The second-order valence-corrected chi connectivity index (χ2v) is 11.8. The number of para-hydroxylation sites is 1. The molecule has 1 aliphatic heterocycles. The Bertz CT molecular complexity index is 1710. The molecular weight excluding hydrogens is 638 g/mol. The number of carboxylic acid groups (broad SMARTS) is 2. The Morgan fingerprint density at radius 2 is 1.45 bits per heavy atom. The maximum absolute atomic E-state index is 13.7. The quantitative estimate of drug-likeness (QED) is 0.0931. The Balaban J connectivity index is 1.52. The van der Waals surface area contributed by atoms with Crippen molar-refractivity contribution in [3.8, 4) is 0 Å². The van der Waals surface area contributed by atoms with Gasteiger partial charge in [-0.05, 0) is 36.5 Å². The summed E-state index contributed by atoms with van der Waals surface area (Å²) in [6, 6.07) is 8.88. The molecule has 10 N–H and O–H groups in total. The minimum absolute atomic E-state index is 0.0747. The normalized spacial score (nSPS) is 16.6. The van der Waals surface area contributed by atoms with Crippen molar-refractivity contribution in [1.82, 2.24) is 25.8 Å². The molecule has 16 nitrogen and oxygen atoms in total.